The highest BCUT2D eigenvalue weighted by molar-refractivity contribution is 7.90. The number of rotatable bonds is 4. The molecule has 0 atom stereocenters. The first-order valence-electron chi connectivity index (χ1n) is 6.54. The van der Waals surface area contributed by atoms with Crippen LogP contribution < -0.4 is 10.1 Å². The van der Waals surface area contributed by atoms with Gasteiger partial charge in [0.25, 0.3) is 5.91 Å². The summed E-state index contributed by atoms with van der Waals surface area (Å²) in [7, 11) is -3.44. The number of ether oxygens (including phenoxy) is 1. The Morgan fingerprint density at radius 3 is 2.54 bits per heavy atom. The minimum Gasteiger partial charge on any atom is -0.425 e. The minimum absolute atomic E-state index is 0.109. The van der Waals surface area contributed by atoms with Gasteiger partial charge in [-0.05, 0) is 24.6 Å². The number of hydrogen-bond acceptors (Lipinski definition) is 7. The first-order valence-corrected chi connectivity index (χ1v) is 9.69. The second kappa shape index (κ2) is 6.88. The van der Waals surface area contributed by atoms with Crippen LogP contribution in [0.4, 0.5) is 5.13 Å². The van der Waals surface area contributed by atoms with Crippen molar-refractivity contribution in [1.29, 1.82) is 0 Å². The van der Waals surface area contributed by atoms with Crippen LogP contribution in [0.25, 0.3) is 0 Å². The predicted molar refractivity (Wildman–Crippen MR) is 90.7 cm³/mol. The quantitative estimate of drug-likeness (QED) is 0.638. The van der Waals surface area contributed by atoms with Gasteiger partial charge < -0.3 is 4.74 Å². The average Bonchev–Trinajstić information content (AvgIpc) is 2.92. The van der Waals surface area contributed by atoms with Gasteiger partial charge in [0, 0.05) is 24.1 Å². The van der Waals surface area contributed by atoms with Crippen molar-refractivity contribution in [3.8, 4) is 5.75 Å². The number of nitrogens with zero attached hydrogens (tertiary/aromatic N) is 1. The summed E-state index contributed by atoms with van der Waals surface area (Å²) < 4.78 is 27.7. The van der Waals surface area contributed by atoms with Crippen LogP contribution in [0, 0.1) is 6.92 Å². The van der Waals surface area contributed by atoms with Gasteiger partial charge in [-0.2, -0.15) is 0 Å². The van der Waals surface area contributed by atoms with Gasteiger partial charge in [0.1, 0.15) is 5.75 Å². The summed E-state index contributed by atoms with van der Waals surface area (Å²) in [6.45, 7) is 2.85. The number of nitrogens with one attached hydrogen (secondary N) is 1. The van der Waals surface area contributed by atoms with Gasteiger partial charge in [-0.25, -0.2) is 13.4 Å². The highest BCUT2D eigenvalue weighted by Crippen LogP contribution is 2.31. The lowest BCUT2D eigenvalue weighted by Gasteiger charge is -2.10. The molecule has 2 aromatic rings. The standard InChI is InChI=1S/C14H13ClN2O5S2/c1-7-9(4-5-10(12(7)15)22-8(2)18)13(19)17-14-16-11(6-23-14)24(3,20)21/h4-6H,1-3H3,(H,16,17,19). The van der Waals surface area contributed by atoms with E-state index in [2.05, 4.69) is 10.3 Å². The third-order valence-electron chi connectivity index (χ3n) is 2.93. The molecular formula is C14H13ClN2O5S2. The van der Waals surface area contributed by atoms with E-state index in [0.717, 1.165) is 17.6 Å². The van der Waals surface area contributed by atoms with E-state index in [0.29, 0.717) is 5.56 Å². The number of carbonyl (C=O) groups is 2. The molecular weight excluding hydrogens is 376 g/mol. The summed E-state index contributed by atoms with van der Waals surface area (Å²) in [5, 5.41) is 4.05. The summed E-state index contributed by atoms with van der Waals surface area (Å²) >= 11 is 7.10. The minimum atomic E-state index is -3.44. The molecule has 0 saturated heterocycles. The predicted octanol–water partition coefficient (Wildman–Crippen LogP) is 2.69. The van der Waals surface area contributed by atoms with E-state index in [1.54, 1.807) is 6.92 Å². The van der Waals surface area contributed by atoms with Gasteiger partial charge in [-0.15, -0.1) is 11.3 Å². The van der Waals surface area contributed by atoms with Crippen LogP contribution in [0.1, 0.15) is 22.8 Å². The highest BCUT2D eigenvalue weighted by Gasteiger charge is 2.18. The number of halogens is 1. The Hall–Kier alpha value is -1.97. The lowest BCUT2D eigenvalue weighted by molar-refractivity contribution is -0.131. The second-order valence-corrected chi connectivity index (χ2v) is 8.06. The molecule has 1 aromatic carbocycles. The summed E-state index contributed by atoms with van der Waals surface area (Å²) in [6.07, 6.45) is 1.03. The van der Waals surface area contributed by atoms with E-state index in [-0.39, 0.29) is 26.5 Å². The molecule has 1 aromatic heterocycles. The van der Waals surface area contributed by atoms with Gasteiger partial charge >= 0.3 is 5.97 Å². The Bertz CT molecular complexity index is 921. The zero-order chi connectivity index (χ0) is 18.1. The monoisotopic (exact) mass is 388 g/mol. The van der Waals surface area contributed by atoms with E-state index in [1.165, 1.54) is 24.4 Å². The number of benzene rings is 1. The molecule has 0 aliphatic rings. The number of thiazole rings is 1. The Kier molecular flexibility index (Phi) is 5.26. The van der Waals surface area contributed by atoms with Crippen molar-refractivity contribution in [2.24, 2.45) is 0 Å². The Morgan fingerprint density at radius 2 is 2.00 bits per heavy atom. The molecule has 0 spiro atoms. The van der Waals surface area contributed by atoms with E-state index in [1.807, 2.05) is 0 Å². The Balaban J connectivity index is 2.26. The first kappa shape index (κ1) is 18.4. The van der Waals surface area contributed by atoms with Crippen molar-refractivity contribution >= 4 is 49.8 Å². The fourth-order valence-corrected chi connectivity index (χ4v) is 3.72. The zero-order valence-electron chi connectivity index (χ0n) is 12.9. The van der Waals surface area contributed by atoms with Crippen molar-refractivity contribution in [3.63, 3.8) is 0 Å². The molecule has 1 N–H and O–H groups in total. The van der Waals surface area contributed by atoms with Crippen LogP contribution in [0.2, 0.25) is 5.02 Å². The van der Waals surface area contributed by atoms with Crippen LogP contribution in [-0.4, -0.2) is 31.5 Å². The van der Waals surface area contributed by atoms with Crippen LogP contribution in [0.5, 0.6) is 5.75 Å². The molecule has 10 heteroatoms. The first-order chi connectivity index (χ1) is 11.1. The topological polar surface area (TPSA) is 102 Å². The molecule has 128 valence electrons. The van der Waals surface area contributed by atoms with Crippen molar-refractivity contribution < 1.29 is 22.7 Å². The van der Waals surface area contributed by atoms with Gasteiger partial charge in [0.15, 0.2) is 20.0 Å². The van der Waals surface area contributed by atoms with Crippen LogP contribution >= 0.6 is 22.9 Å². The summed E-state index contributed by atoms with van der Waals surface area (Å²) in [4.78, 5) is 27.2. The van der Waals surface area contributed by atoms with Gasteiger partial charge in [0.2, 0.25) is 0 Å². The summed E-state index contributed by atoms with van der Waals surface area (Å²) in [5.41, 5.74) is 0.680. The van der Waals surface area contributed by atoms with E-state index in [4.69, 9.17) is 16.3 Å². The Morgan fingerprint density at radius 1 is 1.33 bits per heavy atom. The molecule has 0 fully saturated rings. The van der Waals surface area contributed by atoms with Gasteiger partial charge in [-0.3, -0.25) is 14.9 Å². The molecule has 1 amide bonds. The summed E-state index contributed by atoms with van der Waals surface area (Å²) in [6, 6.07) is 2.87. The lowest BCUT2D eigenvalue weighted by Crippen LogP contribution is -2.14. The molecule has 0 bridgehead atoms. The molecule has 0 aliphatic carbocycles. The molecule has 0 unspecified atom stereocenters. The maximum atomic E-state index is 12.3. The molecule has 0 aliphatic heterocycles. The molecule has 0 radical (unpaired) electrons. The molecule has 0 saturated carbocycles. The van der Waals surface area contributed by atoms with Crippen molar-refractivity contribution in [1.82, 2.24) is 4.98 Å². The average molecular weight is 389 g/mol. The number of carbonyl (C=O) groups excluding carboxylic acids is 2. The Labute approximate surface area is 147 Å². The van der Waals surface area contributed by atoms with Crippen LogP contribution in [-0.2, 0) is 14.6 Å². The smallest absolute Gasteiger partial charge is 0.308 e. The van der Waals surface area contributed by atoms with E-state index in [9.17, 15) is 18.0 Å². The number of esters is 1. The molecule has 24 heavy (non-hydrogen) atoms. The van der Waals surface area contributed by atoms with Crippen molar-refractivity contribution in [2.45, 2.75) is 18.9 Å². The molecule has 7 nitrogen and oxygen atoms in total. The number of aromatic nitrogens is 1. The number of sulfone groups is 1. The van der Waals surface area contributed by atoms with Gasteiger partial charge in [-0.1, -0.05) is 11.6 Å². The lowest BCUT2D eigenvalue weighted by atomic mass is 10.1. The third kappa shape index (κ3) is 4.11. The SMILES string of the molecule is CC(=O)Oc1ccc(C(=O)Nc2nc(S(C)(=O)=O)cs2)c(C)c1Cl. The van der Waals surface area contributed by atoms with Crippen LogP contribution in [0.3, 0.4) is 0 Å². The largest absolute Gasteiger partial charge is 0.425 e. The fraction of sp³-hybridized carbons (Fsp3) is 0.214. The van der Waals surface area contributed by atoms with E-state index >= 15 is 0 Å². The fourth-order valence-electron chi connectivity index (χ4n) is 1.79. The maximum Gasteiger partial charge on any atom is 0.308 e. The number of hydrogen-bond donors (Lipinski definition) is 1. The van der Waals surface area contributed by atoms with Crippen molar-refractivity contribution in [3.05, 3.63) is 33.7 Å². The highest BCUT2D eigenvalue weighted by atomic mass is 35.5. The van der Waals surface area contributed by atoms with Gasteiger partial charge in [0.05, 0.1) is 5.02 Å². The molecule has 1 heterocycles. The maximum absolute atomic E-state index is 12.3. The third-order valence-corrected chi connectivity index (χ3v) is 5.28. The molecule has 2 rings (SSSR count). The van der Waals surface area contributed by atoms with E-state index < -0.39 is 21.7 Å². The van der Waals surface area contributed by atoms with Crippen molar-refractivity contribution in [2.75, 3.05) is 11.6 Å². The summed E-state index contributed by atoms with van der Waals surface area (Å²) in [5.74, 6) is -0.866. The zero-order valence-corrected chi connectivity index (χ0v) is 15.3. The van der Waals surface area contributed by atoms with Crippen LogP contribution in [0.15, 0.2) is 22.5 Å². The second-order valence-electron chi connectivity index (χ2n) is 4.86. The number of anilines is 1. The normalized spacial score (nSPS) is 11.2. The number of amides is 1.